The average molecular weight is 390 g/mol. The SMILES string of the molecule is CC(=O)N1C[C@@H](C(=O)N[C@@H](C)c2ccc(-n3ccnc3)cc2)Oc2ccccc21. The number of para-hydroxylation sites is 2. The van der Waals surface area contributed by atoms with Crippen molar-refractivity contribution in [3.8, 4) is 11.4 Å². The number of carbonyl (C=O) groups is 2. The van der Waals surface area contributed by atoms with Crippen molar-refractivity contribution in [1.29, 1.82) is 0 Å². The summed E-state index contributed by atoms with van der Waals surface area (Å²) in [4.78, 5) is 30.5. The van der Waals surface area contributed by atoms with E-state index in [2.05, 4.69) is 10.3 Å². The quantitative estimate of drug-likeness (QED) is 0.743. The first-order chi connectivity index (χ1) is 14.0. The molecule has 2 amide bonds. The fourth-order valence-electron chi connectivity index (χ4n) is 3.41. The highest BCUT2D eigenvalue weighted by atomic mass is 16.5. The molecule has 0 bridgehead atoms. The average Bonchev–Trinajstić information content (AvgIpc) is 3.27. The van der Waals surface area contributed by atoms with E-state index in [-0.39, 0.29) is 24.4 Å². The van der Waals surface area contributed by atoms with E-state index in [4.69, 9.17) is 4.74 Å². The molecule has 29 heavy (non-hydrogen) atoms. The minimum atomic E-state index is -0.763. The number of hydrogen-bond acceptors (Lipinski definition) is 4. The molecular weight excluding hydrogens is 368 g/mol. The third kappa shape index (κ3) is 3.85. The number of carbonyl (C=O) groups excluding carboxylic acids is 2. The lowest BCUT2D eigenvalue weighted by Crippen LogP contribution is -2.50. The van der Waals surface area contributed by atoms with Crippen LogP contribution in [-0.2, 0) is 9.59 Å². The van der Waals surface area contributed by atoms with E-state index in [1.807, 2.05) is 60.2 Å². The fourth-order valence-corrected chi connectivity index (χ4v) is 3.41. The maximum Gasteiger partial charge on any atom is 0.263 e. The molecule has 0 fully saturated rings. The normalized spacial score (nSPS) is 16.5. The van der Waals surface area contributed by atoms with Gasteiger partial charge in [0.05, 0.1) is 24.6 Å². The van der Waals surface area contributed by atoms with Crippen LogP contribution in [0.3, 0.4) is 0 Å². The molecule has 2 heterocycles. The monoisotopic (exact) mass is 390 g/mol. The Morgan fingerprint density at radius 2 is 1.93 bits per heavy atom. The van der Waals surface area contributed by atoms with Gasteiger partial charge in [-0.05, 0) is 36.8 Å². The number of benzene rings is 2. The molecule has 4 rings (SSSR count). The van der Waals surface area contributed by atoms with E-state index in [1.165, 1.54) is 6.92 Å². The van der Waals surface area contributed by atoms with E-state index in [9.17, 15) is 9.59 Å². The summed E-state index contributed by atoms with van der Waals surface area (Å²) in [5, 5.41) is 2.99. The van der Waals surface area contributed by atoms with Crippen LogP contribution in [-0.4, -0.2) is 34.0 Å². The van der Waals surface area contributed by atoms with Crippen molar-refractivity contribution in [2.45, 2.75) is 26.0 Å². The minimum absolute atomic E-state index is 0.123. The van der Waals surface area contributed by atoms with Crippen molar-refractivity contribution in [3.05, 3.63) is 72.8 Å². The topological polar surface area (TPSA) is 76.5 Å². The van der Waals surface area contributed by atoms with Gasteiger partial charge in [-0.25, -0.2) is 4.98 Å². The van der Waals surface area contributed by atoms with Crippen LogP contribution in [0.1, 0.15) is 25.5 Å². The van der Waals surface area contributed by atoms with Crippen LogP contribution in [0.15, 0.2) is 67.3 Å². The number of imidazole rings is 1. The Kier molecular flexibility index (Phi) is 5.03. The van der Waals surface area contributed by atoms with Gasteiger partial charge in [0, 0.05) is 25.0 Å². The molecule has 2 aromatic carbocycles. The van der Waals surface area contributed by atoms with Crippen molar-refractivity contribution in [3.63, 3.8) is 0 Å². The molecular formula is C22H22N4O3. The largest absolute Gasteiger partial charge is 0.477 e. The van der Waals surface area contributed by atoms with Crippen LogP contribution in [0, 0.1) is 0 Å². The Labute approximate surface area is 168 Å². The predicted octanol–water partition coefficient (Wildman–Crippen LogP) is 2.86. The summed E-state index contributed by atoms with van der Waals surface area (Å²) in [5.41, 5.74) is 2.66. The lowest BCUT2D eigenvalue weighted by atomic mass is 10.1. The van der Waals surface area contributed by atoms with Gasteiger partial charge in [-0.15, -0.1) is 0 Å². The van der Waals surface area contributed by atoms with Gasteiger partial charge in [-0.1, -0.05) is 24.3 Å². The standard InChI is InChI=1S/C22H22N4O3/c1-15(17-7-9-18(10-8-17)25-12-11-23-14-25)24-22(28)21-13-26(16(2)27)19-5-3-4-6-20(19)29-21/h3-12,14-15,21H,13H2,1-2H3,(H,24,28)/t15-,21-/m0/s1. The summed E-state index contributed by atoms with van der Waals surface area (Å²) in [6.45, 7) is 3.59. The van der Waals surface area contributed by atoms with Crippen LogP contribution in [0.2, 0.25) is 0 Å². The molecule has 7 nitrogen and oxygen atoms in total. The lowest BCUT2D eigenvalue weighted by Gasteiger charge is -2.34. The van der Waals surface area contributed by atoms with Crippen LogP contribution in [0.5, 0.6) is 5.75 Å². The van der Waals surface area contributed by atoms with Crippen LogP contribution in [0.4, 0.5) is 5.69 Å². The van der Waals surface area contributed by atoms with Gasteiger partial charge < -0.3 is 19.5 Å². The van der Waals surface area contributed by atoms with E-state index < -0.39 is 6.10 Å². The molecule has 1 N–H and O–H groups in total. The third-order valence-corrected chi connectivity index (χ3v) is 5.00. The van der Waals surface area contributed by atoms with Crippen molar-refractivity contribution in [1.82, 2.24) is 14.9 Å². The van der Waals surface area contributed by atoms with Crippen molar-refractivity contribution in [2.24, 2.45) is 0 Å². The van der Waals surface area contributed by atoms with Gasteiger partial charge >= 0.3 is 0 Å². The van der Waals surface area contributed by atoms with Gasteiger partial charge in [0.1, 0.15) is 5.75 Å². The zero-order valence-corrected chi connectivity index (χ0v) is 16.3. The number of fused-ring (bicyclic) bond motifs is 1. The first-order valence-corrected chi connectivity index (χ1v) is 9.45. The molecule has 0 saturated heterocycles. The number of nitrogens with zero attached hydrogens (tertiary/aromatic N) is 3. The van der Waals surface area contributed by atoms with Crippen LogP contribution < -0.4 is 15.0 Å². The molecule has 1 aliphatic heterocycles. The highest BCUT2D eigenvalue weighted by Crippen LogP contribution is 2.33. The molecule has 3 aromatic rings. The summed E-state index contributed by atoms with van der Waals surface area (Å²) < 4.78 is 7.78. The summed E-state index contributed by atoms with van der Waals surface area (Å²) in [6, 6.07) is 14.9. The Bertz CT molecular complexity index is 1010. The van der Waals surface area contributed by atoms with Gasteiger partial charge in [-0.3, -0.25) is 9.59 Å². The number of ether oxygens (including phenoxy) is 1. The molecule has 7 heteroatoms. The summed E-state index contributed by atoms with van der Waals surface area (Å²) >= 11 is 0. The van der Waals surface area contributed by atoms with Gasteiger partial charge in [-0.2, -0.15) is 0 Å². The van der Waals surface area contributed by atoms with Gasteiger partial charge in [0.15, 0.2) is 6.10 Å². The van der Waals surface area contributed by atoms with E-state index >= 15 is 0 Å². The zero-order chi connectivity index (χ0) is 20.4. The highest BCUT2D eigenvalue weighted by Gasteiger charge is 2.33. The van der Waals surface area contributed by atoms with E-state index in [1.54, 1.807) is 23.5 Å². The van der Waals surface area contributed by atoms with E-state index in [0.29, 0.717) is 11.4 Å². The second-order valence-electron chi connectivity index (χ2n) is 7.00. The fraction of sp³-hybridized carbons (Fsp3) is 0.227. The van der Waals surface area contributed by atoms with Crippen LogP contribution >= 0.6 is 0 Å². The summed E-state index contributed by atoms with van der Waals surface area (Å²) in [5.74, 6) is 0.157. The zero-order valence-electron chi connectivity index (χ0n) is 16.3. The Morgan fingerprint density at radius 1 is 1.17 bits per heavy atom. The lowest BCUT2D eigenvalue weighted by molar-refractivity contribution is -0.129. The Hall–Kier alpha value is -3.61. The number of hydrogen-bond donors (Lipinski definition) is 1. The smallest absolute Gasteiger partial charge is 0.263 e. The van der Waals surface area contributed by atoms with Crippen molar-refractivity contribution < 1.29 is 14.3 Å². The van der Waals surface area contributed by atoms with Crippen LogP contribution in [0.25, 0.3) is 5.69 Å². The molecule has 1 aromatic heterocycles. The third-order valence-electron chi connectivity index (χ3n) is 5.00. The molecule has 0 unspecified atom stereocenters. The maximum atomic E-state index is 12.8. The molecule has 148 valence electrons. The molecule has 0 spiro atoms. The second-order valence-corrected chi connectivity index (χ2v) is 7.00. The number of rotatable bonds is 4. The maximum absolute atomic E-state index is 12.8. The molecule has 0 saturated carbocycles. The molecule has 2 atom stereocenters. The molecule has 0 radical (unpaired) electrons. The Balaban J connectivity index is 1.45. The van der Waals surface area contributed by atoms with E-state index in [0.717, 1.165) is 11.3 Å². The number of nitrogens with one attached hydrogen (secondary N) is 1. The minimum Gasteiger partial charge on any atom is -0.477 e. The van der Waals surface area contributed by atoms with Crippen molar-refractivity contribution in [2.75, 3.05) is 11.4 Å². The number of aromatic nitrogens is 2. The number of anilines is 1. The van der Waals surface area contributed by atoms with Crippen molar-refractivity contribution >= 4 is 17.5 Å². The van der Waals surface area contributed by atoms with Gasteiger partial charge in [0.25, 0.3) is 5.91 Å². The summed E-state index contributed by atoms with van der Waals surface area (Å²) in [6.07, 6.45) is 4.57. The summed E-state index contributed by atoms with van der Waals surface area (Å²) in [7, 11) is 0. The molecule has 0 aliphatic carbocycles. The Morgan fingerprint density at radius 3 is 2.62 bits per heavy atom. The first kappa shape index (κ1) is 18.7. The predicted molar refractivity (Wildman–Crippen MR) is 109 cm³/mol. The first-order valence-electron chi connectivity index (χ1n) is 9.45. The van der Waals surface area contributed by atoms with Gasteiger partial charge in [0.2, 0.25) is 5.91 Å². The number of amides is 2. The second kappa shape index (κ2) is 7.79. The molecule has 1 aliphatic rings. The highest BCUT2D eigenvalue weighted by molar-refractivity contribution is 5.95.